The summed E-state index contributed by atoms with van der Waals surface area (Å²) >= 11 is 0. The van der Waals surface area contributed by atoms with Gasteiger partial charge in [-0.1, -0.05) is 13.8 Å². The molecule has 19 heavy (non-hydrogen) atoms. The molecule has 1 saturated heterocycles. The van der Waals surface area contributed by atoms with Crippen LogP contribution in [0.5, 0.6) is 0 Å². The van der Waals surface area contributed by atoms with Gasteiger partial charge in [-0.3, -0.25) is 4.79 Å². The fourth-order valence-corrected chi connectivity index (χ4v) is 2.10. The zero-order valence-corrected chi connectivity index (χ0v) is 11.2. The van der Waals surface area contributed by atoms with Gasteiger partial charge in [0.15, 0.2) is 0 Å². The predicted molar refractivity (Wildman–Crippen MR) is 66.2 cm³/mol. The van der Waals surface area contributed by atoms with E-state index < -0.39 is 43.0 Å². The van der Waals surface area contributed by atoms with Crippen molar-refractivity contribution in [2.24, 2.45) is 5.92 Å². The minimum atomic E-state index is -1.45. The van der Waals surface area contributed by atoms with Crippen LogP contribution in [0, 0.1) is 5.92 Å². The maximum atomic E-state index is 11.8. The zero-order valence-electron chi connectivity index (χ0n) is 11.2. The van der Waals surface area contributed by atoms with Gasteiger partial charge in [0.25, 0.3) is 0 Å². The van der Waals surface area contributed by atoms with Gasteiger partial charge in [-0.2, -0.15) is 0 Å². The maximum absolute atomic E-state index is 11.8. The molecular formula is C12H23NO6. The molecule has 0 saturated carbocycles. The Bertz CT molecular complexity index is 298. The van der Waals surface area contributed by atoms with Crippen LogP contribution in [0.1, 0.15) is 20.3 Å². The van der Waals surface area contributed by atoms with Crippen LogP contribution in [0.25, 0.3) is 0 Å². The molecule has 5 N–H and O–H groups in total. The van der Waals surface area contributed by atoms with E-state index in [4.69, 9.17) is 9.84 Å². The van der Waals surface area contributed by atoms with Gasteiger partial charge in [-0.25, -0.2) is 0 Å². The van der Waals surface area contributed by atoms with E-state index in [0.717, 1.165) is 6.42 Å². The molecule has 7 nitrogen and oxygen atoms in total. The van der Waals surface area contributed by atoms with Crippen molar-refractivity contribution < 1.29 is 30.0 Å². The van der Waals surface area contributed by atoms with Gasteiger partial charge in [0.2, 0.25) is 5.91 Å². The lowest BCUT2D eigenvalue weighted by atomic mass is 9.88. The molecule has 1 heterocycles. The summed E-state index contributed by atoms with van der Waals surface area (Å²) in [5.41, 5.74) is 0. The molecule has 6 atom stereocenters. The van der Waals surface area contributed by atoms with Crippen LogP contribution in [0.2, 0.25) is 0 Å². The summed E-state index contributed by atoms with van der Waals surface area (Å²) in [5.74, 6) is -0.996. The van der Waals surface area contributed by atoms with Crippen LogP contribution >= 0.6 is 0 Å². The Balaban J connectivity index is 2.72. The van der Waals surface area contributed by atoms with Crippen molar-refractivity contribution in [3.8, 4) is 0 Å². The molecular weight excluding hydrogens is 254 g/mol. The van der Waals surface area contributed by atoms with Gasteiger partial charge in [-0.05, 0) is 6.42 Å². The second-order valence-electron chi connectivity index (χ2n) is 4.87. The first-order valence-corrected chi connectivity index (χ1v) is 6.52. The molecule has 0 aromatic heterocycles. The van der Waals surface area contributed by atoms with E-state index >= 15 is 0 Å². The first kappa shape index (κ1) is 16.3. The largest absolute Gasteiger partial charge is 0.394 e. The van der Waals surface area contributed by atoms with Crippen molar-refractivity contribution in [1.29, 1.82) is 0 Å². The zero-order chi connectivity index (χ0) is 14.6. The molecule has 0 aliphatic carbocycles. The van der Waals surface area contributed by atoms with Crippen LogP contribution < -0.4 is 5.32 Å². The fraction of sp³-hybridized carbons (Fsp3) is 0.917. The van der Waals surface area contributed by atoms with E-state index in [-0.39, 0.29) is 5.91 Å². The molecule has 0 aromatic rings. The van der Waals surface area contributed by atoms with Crippen LogP contribution in [0.3, 0.4) is 0 Å². The van der Waals surface area contributed by atoms with Crippen molar-refractivity contribution in [1.82, 2.24) is 5.32 Å². The number of carbonyl (C=O) groups excluding carboxylic acids is 1. The van der Waals surface area contributed by atoms with Gasteiger partial charge in [0, 0.05) is 6.54 Å². The molecule has 2 unspecified atom stereocenters. The highest BCUT2D eigenvalue weighted by molar-refractivity contribution is 5.78. The Morgan fingerprint density at radius 1 is 1.26 bits per heavy atom. The smallest absolute Gasteiger partial charge is 0.225 e. The molecule has 1 aliphatic heterocycles. The molecule has 1 aliphatic rings. The first-order chi connectivity index (χ1) is 8.93. The van der Waals surface area contributed by atoms with Crippen molar-refractivity contribution in [2.45, 2.75) is 50.8 Å². The lowest BCUT2D eigenvalue weighted by Gasteiger charge is -2.41. The lowest BCUT2D eigenvalue weighted by Crippen LogP contribution is -2.61. The number of ether oxygens (including phenoxy) is 1. The number of amides is 1. The number of nitrogens with one attached hydrogen (secondary N) is 1. The average molecular weight is 277 g/mol. The Kier molecular flexibility index (Phi) is 6.15. The minimum absolute atomic E-state index is 0.300. The molecule has 0 aromatic carbocycles. The second-order valence-corrected chi connectivity index (χ2v) is 4.87. The summed E-state index contributed by atoms with van der Waals surface area (Å²) in [7, 11) is 0. The number of rotatable bonds is 5. The highest BCUT2D eigenvalue weighted by Crippen LogP contribution is 2.26. The third kappa shape index (κ3) is 3.64. The average Bonchev–Trinajstić information content (AvgIpc) is 2.42. The molecule has 0 bridgehead atoms. The number of carbonyl (C=O) groups is 1. The lowest BCUT2D eigenvalue weighted by molar-refractivity contribution is -0.238. The van der Waals surface area contributed by atoms with Crippen molar-refractivity contribution in [2.75, 3.05) is 13.2 Å². The molecule has 1 rings (SSSR count). The van der Waals surface area contributed by atoms with E-state index in [1.54, 1.807) is 6.92 Å². The highest BCUT2D eigenvalue weighted by Gasteiger charge is 2.46. The number of hydrogen-bond acceptors (Lipinski definition) is 6. The quantitative estimate of drug-likeness (QED) is 0.396. The summed E-state index contributed by atoms with van der Waals surface area (Å²) in [4.78, 5) is 11.8. The Morgan fingerprint density at radius 3 is 2.42 bits per heavy atom. The van der Waals surface area contributed by atoms with Crippen LogP contribution in [0.15, 0.2) is 0 Å². The third-order valence-electron chi connectivity index (χ3n) is 3.38. The van der Waals surface area contributed by atoms with Crippen LogP contribution in [-0.4, -0.2) is 70.0 Å². The summed E-state index contributed by atoms with van der Waals surface area (Å²) in [5, 5.41) is 40.9. The Labute approximate surface area is 112 Å². The van der Waals surface area contributed by atoms with E-state index in [9.17, 15) is 20.1 Å². The first-order valence-electron chi connectivity index (χ1n) is 6.52. The normalized spacial score (nSPS) is 36.8. The van der Waals surface area contributed by atoms with E-state index in [0.29, 0.717) is 6.54 Å². The van der Waals surface area contributed by atoms with Crippen molar-refractivity contribution in [3.63, 3.8) is 0 Å². The third-order valence-corrected chi connectivity index (χ3v) is 3.38. The molecule has 112 valence electrons. The van der Waals surface area contributed by atoms with Gasteiger partial charge in [-0.15, -0.1) is 0 Å². The summed E-state index contributed by atoms with van der Waals surface area (Å²) in [6.45, 7) is 3.50. The highest BCUT2D eigenvalue weighted by atomic mass is 16.5. The van der Waals surface area contributed by atoms with E-state index in [1.807, 2.05) is 6.92 Å². The Morgan fingerprint density at radius 2 is 1.89 bits per heavy atom. The molecule has 7 heteroatoms. The maximum Gasteiger partial charge on any atom is 0.225 e. The summed E-state index contributed by atoms with van der Waals surface area (Å²) in [6.07, 6.45) is -5.38. The van der Waals surface area contributed by atoms with Crippen molar-refractivity contribution in [3.05, 3.63) is 0 Å². The number of aliphatic hydroxyl groups excluding tert-OH is 4. The standard InChI is InChI=1S/C12H23NO6/c1-3-4-13-12(18)6(2)11-10(17)9(16)8(15)7(5-14)19-11/h6-11,14-17H,3-5H2,1-2H3,(H,13,18)/t6?,7-,8+,9+,10-,11?/m1/s1. The van der Waals surface area contributed by atoms with Gasteiger partial charge in [0.05, 0.1) is 18.6 Å². The predicted octanol–water partition coefficient (Wildman–Crippen LogP) is -2.01. The van der Waals surface area contributed by atoms with Crippen LogP contribution in [-0.2, 0) is 9.53 Å². The molecule has 1 amide bonds. The van der Waals surface area contributed by atoms with Gasteiger partial charge < -0.3 is 30.5 Å². The van der Waals surface area contributed by atoms with Crippen molar-refractivity contribution >= 4 is 5.91 Å². The topological polar surface area (TPSA) is 119 Å². The van der Waals surface area contributed by atoms with Gasteiger partial charge in [0.1, 0.15) is 24.4 Å². The Hall–Kier alpha value is -0.730. The van der Waals surface area contributed by atoms with E-state index in [2.05, 4.69) is 5.32 Å². The SMILES string of the molecule is CCCNC(=O)C(C)C1O[C@H](CO)[C@H](O)[C@H](O)[C@H]1O. The van der Waals surface area contributed by atoms with Crippen LogP contribution in [0.4, 0.5) is 0 Å². The summed E-state index contributed by atoms with van der Waals surface area (Å²) < 4.78 is 5.32. The number of hydrogen-bond donors (Lipinski definition) is 5. The molecule has 1 fully saturated rings. The fourth-order valence-electron chi connectivity index (χ4n) is 2.10. The van der Waals surface area contributed by atoms with E-state index in [1.165, 1.54) is 0 Å². The monoisotopic (exact) mass is 277 g/mol. The molecule has 0 spiro atoms. The second kappa shape index (κ2) is 7.16. The molecule has 0 radical (unpaired) electrons. The summed E-state index contributed by atoms with van der Waals surface area (Å²) in [6, 6.07) is 0. The number of aliphatic hydroxyl groups is 4. The minimum Gasteiger partial charge on any atom is -0.394 e. The van der Waals surface area contributed by atoms with Gasteiger partial charge >= 0.3 is 0 Å².